The molecule has 1 amide bonds. The Bertz CT molecular complexity index is 615. The number of hydrogen-bond acceptors (Lipinski definition) is 5. The minimum atomic E-state index is -0.270. The maximum atomic E-state index is 11.9. The van der Waals surface area contributed by atoms with Crippen molar-refractivity contribution in [1.29, 1.82) is 0 Å². The van der Waals surface area contributed by atoms with E-state index >= 15 is 0 Å². The molecule has 0 bridgehead atoms. The van der Waals surface area contributed by atoms with Crippen LogP contribution in [0, 0.1) is 0 Å². The molecule has 0 saturated carbocycles. The first-order chi connectivity index (χ1) is 9.49. The number of thioether (sulfide) groups is 1. The molecule has 8 heteroatoms. The third-order valence-corrected chi connectivity index (χ3v) is 3.82. The Labute approximate surface area is 126 Å². The van der Waals surface area contributed by atoms with Gasteiger partial charge in [-0.25, -0.2) is 0 Å². The van der Waals surface area contributed by atoms with Crippen LogP contribution in [0.4, 0.5) is 0 Å². The third kappa shape index (κ3) is 3.29. The predicted molar refractivity (Wildman–Crippen MR) is 78.2 cm³/mol. The summed E-state index contributed by atoms with van der Waals surface area (Å²) in [5, 5.41) is 12.4. The van der Waals surface area contributed by atoms with Crippen molar-refractivity contribution in [3.05, 3.63) is 29.3 Å². The predicted octanol–water partition coefficient (Wildman–Crippen LogP) is 1.88. The Balaban J connectivity index is 2.23. The average molecular weight is 312 g/mol. The summed E-state index contributed by atoms with van der Waals surface area (Å²) in [6.45, 7) is 1.82. The number of carbonyl (C=O) groups excluding carboxylic acids is 1. The SMILES string of the molecule is C[C@@H](Sc1nnnn1-c1cccc(Cl)c1)C(=O)N(C)C. The van der Waals surface area contributed by atoms with E-state index in [2.05, 4.69) is 15.5 Å². The minimum absolute atomic E-state index is 0.00986. The lowest BCUT2D eigenvalue weighted by atomic mass is 10.3. The Hall–Kier alpha value is -1.60. The van der Waals surface area contributed by atoms with E-state index < -0.39 is 0 Å². The van der Waals surface area contributed by atoms with Crippen LogP contribution in [0.5, 0.6) is 0 Å². The summed E-state index contributed by atoms with van der Waals surface area (Å²) >= 11 is 7.27. The summed E-state index contributed by atoms with van der Waals surface area (Å²) in [6, 6.07) is 7.22. The van der Waals surface area contributed by atoms with Gasteiger partial charge in [-0.15, -0.1) is 5.10 Å². The van der Waals surface area contributed by atoms with Crippen molar-refractivity contribution >= 4 is 29.3 Å². The Morgan fingerprint density at radius 1 is 1.45 bits per heavy atom. The Morgan fingerprint density at radius 2 is 2.20 bits per heavy atom. The zero-order valence-electron chi connectivity index (χ0n) is 11.3. The molecule has 0 fully saturated rings. The lowest BCUT2D eigenvalue weighted by Gasteiger charge is -2.15. The van der Waals surface area contributed by atoms with Gasteiger partial charge >= 0.3 is 0 Å². The molecule has 0 aliphatic heterocycles. The van der Waals surface area contributed by atoms with E-state index in [1.54, 1.807) is 35.8 Å². The van der Waals surface area contributed by atoms with Gasteiger partial charge < -0.3 is 4.90 Å². The van der Waals surface area contributed by atoms with E-state index in [-0.39, 0.29) is 11.2 Å². The van der Waals surface area contributed by atoms with E-state index in [4.69, 9.17) is 11.6 Å². The lowest BCUT2D eigenvalue weighted by molar-refractivity contribution is -0.127. The largest absolute Gasteiger partial charge is 0.348 e. The third-order valence-electron chi connectivity index (χ3n) is 2.56. The zero-order valence-corrected chi connectivity index (χ0v) is 12.9. The molecule has 2 rings (SSSR count). The van der Waals surface area contributed by atoms with Crippen molar-refractivity contribution in [3.63, 3.8) is 0 Å². The van der Waals surface area contributed by atoms with Crippen molar-refractivity contribution in [2.75, 3.05) is 14.1 Å². The van der Waals surface area contributed by atoms with Crippen molar-refractivity contribution < 1.29 is 4.79 Å². The summed E-state index contributed by atoms with van der Waals surface area (Å²) in [7, 11) is 3.44. The van der Waals surface area contributed by atoms with Crippen LogP contribution in [0.25, 0.3) is 5.69 Å². The molecule has 1 heterocycles. The topological polar surface area (TPSA) is 63.9 Å². The fraction of sp³-hybridized carbons (Fsp3) is 0.333. The fourth-order valence-electron chi connectivity index (χ4n) is 1.59. The molecule has 20 heavy (non-hydrogen) atoms. The van der Waals surface area contributed by atoms with Gasteiger partial charge in [0, 0.05) is 19.1 Å². The van der Waals surface area contributed by atoms with E-state index in [9.17, 15) is 4.79 Å². The number of benzene rings is 1. The van der Waals surface area contributed by atoms with Crippen molar-refractivity contribution in [2.45, 2.75) is 17.3 Å². The van der Waals surface area contributed by atoms with Gasteiger partial charge in [0.15, 0.2) is 0 Å². The van der Waals surface area contributed by atoms with Crippen molar-refractivity contribution in [3.8, 4) is 5.69 Å². The standard InChI is InChI=1S/C12H14ClN5OS/c1-8(11(19)17(2)3)20-12-14-15-16-18(12)10-6-4-5-9(13)7-10/h4-8H,1-3H3/t8-/m1/s1. The highest BCUT2D eigenvalue weighted by atomic mass is 35.5. The van der Waals surface area contributed by atoms with Crippen molar-refractivity contribution in [1.82, 2.24) is 25.1 Å². The molecular weight excluding hydrogens is 298 g/mol. The summed E-state index contributed by atoms with van der Waals surface area (Å²) < 4.78 is 1.57. The maximum absolute atomic E-state index is 11.9. The number of carbonyl (C=O) groups is 1. The van der Waals surface area contributed by atoms with Gasteiger partial charge in [-0.3, -0.25) is 4.79 Å². The van der Waals surface area contributed by atoms with Gasteiger partial charge in [-0.1, -0.05) is 29.4 Å². The number of rotatable bonds is 4. The summed E-state index contributed by atoms with van der Waals surface area (Å²) in [5.41, 5.74) is 0.759. The second-order valence-electron chi connectivity index (χ2n) is 4.35. The molecule has 0 radical (unpaired) electrons. The van der Waals surface area contributed by atoms with Gasteiger partial charge in [0.05, 0.1) is 10.9 Å². The van der Waals surface area contributed by atoms with Crippen LogP contribution < -0.4 is 0 Å². The number of hydrogen-bond donors (Lipinski definition) is 0. The molecule has 2 aromatic rings. The highest BCUT2D eigenvalue weighted by Gasteiger charge is 2.20. The van der Waals surface area contributed by atoms with E-state index in [0.29, 0.717) is 10.2 Å². The molecule has 0 N–H and O–H groups in total. The summed E-state index contributed by atoms with van der Waals surface area (Å²) in [5.74, 6) is 0.00986. The monoisotopic (exact) mass is 311 g/mol. The van der Waals surface area contributed by atoms with E-state index in [0.717, 1.165) is 5.69 Å². The van der Waals surface area contributed by atoms with Crippen LogP contribution in [0.3, 0.4) is 0 Å². The fourth-order valence-corrected chi connectivity index (χ4v) is 2.73. The highest BCUT2D eigenvalue weighted by molar-refractivity contribution is 8.00. The number of aromatic nitrogens is 4. The molecule has 0 aliphatic rings. The van der Waals surface area contributed by atoms with Gasteiger partial charge in [-0.2, -0.15) is 4.68 Å². The first-order valence-electron chi connectivity index (χ1n) is 5.91. The van der Waals surface area contributed by atoms with Crippen LogP contribution >= 0.6 is 23.4 Å². The maximum Gasteiger partial charge on any atom is 0.235 e. The molecule has 1 atom stereocenters. The molecule has 106 valence electrons. The van der Waals surface area contributed by atoms with Crippen LogP contribution in [0.15, 0.2) is 29.4 Å². The quantitative estimate of drug-likeness (QED) is 0.807. The molecule has 0 spiro atoms. The molecule has 1 aromatic heterocycles. The van der Waals surface area contributed by atoms with Crippen LogP contribution in [-0.4, -0.2) is 50.4 Å². The second kappa shape index (κ2) is 6.23. The average Bonchev–Trinajstić information content (AvgIpc) is 2.85. The number of tetrazole rings is 1. The first kappa shape index (κ1) is 14.8. The van der Waals surface area contributed by atoms with E-state index in [1.807, 2.05) is 19.1 Å². The molecule has 6 nitrogen and oxygen atoms in total. The number of nitrogens with zero attached hydrogens (tertiary/aromatic N) is 5. The van der Waals surface area contributed by atoms with Gasteiger partial charge in [0.2, 0.25) is 11.1 Å². The van der Waals surface area contributed by atoms with Crippen LogP contribution in [-0.2, 0) is 4.79 Å². The molecule has 0 saturated heterocycles. The lowest BCUT2D eigenvalue weighted by Crippen LogP contribution is -2.29. The summed E-state index contributed by atoms with van der Waals surface area (Å²) in [4.78, 5) is 13.4. The normalized spacial score (nSPS) is 12.2. The van der Waals surface area contributed by atoms with Crippen LogP contribution in [0.1, 0.15) is 6.92 Å². The number of halogens is 1. The molecule has 1 aromatic carbocycles. The van der Waals surface area contributed by atoms with Crippen molar-refractivity contribution in [2.24, 2.45) is 0 Å². The molecular formula is C12H14ClN5OS. The Morgan fingerprint density at radius 3 is 2.85 bits per heavy atom. The number of amides is 1. The highest BCUT2D eigenvalue weighted by Crippen LogP contribution is 2.24. The first-order valence-corrected chi connectivity index (χ1v) is 7.17. The van der Waals surface area contributed by atoms with Gasteiger partial charge in [0.25, 0.3) is 0 Å². The zero-order chi connectivity index (χ0) is 14.7. The Kier molecular flexibility index (Phi) is 4.61. The molecule has 0 aliphatic carbocycles. The van der Waals surface area contributed by atoms with E-state index in [1.165, 1.54) is 11.8 Å². The summed E-state index contributed by atoms with van der Waals surface area (Å²) in [6.07, 6.45) is 0. The molecule has 0 unspecified atom stereocenters. The van der Waals surface area contributed by atoms with Gasteiger partial charge in [0.1, 0.15) is 0 Å². The minimum Gasteiger partial charge on any atom is -0.348 e. The van der Waals surface area contributed by atoms with Crippen LogP contribution in [0.2, 0.25) is 5.02 Å². The van der Waals surface area contributed by atoms with Gasteiger partial charge in [-0.05, 0) is 35.5 Å². The second-order valence-corrected chi connectivity index (χ2v) is 6.09. The smallest absolute Gasteiger partial charge is 0.235 e.